The first-order valence-electron chi connectivity index (χ1n) is 10.9. The molecule has 3 aromatic carbocycles. The highest BCUT2D eigenvalue weighted by atomic mass is 19.4. The van der Waals surface area contributed by atoms with Crippen molar-refractivity contribution < 1.29 is 17.9 Å². The number of benzene rings is 3. The molecule has 164 valence electrons. The Labute approximate surface area is 182 Å². The van der Waals surface area contributed by atoms with Crippen LogP contribution in [0.1, 0.15) is 61.8 Å². The summed E-state index contributed by atoms with van der Waals surface area (Å²) in [7, 11) is 0. The molecule has 0 saturated carbocycles. The smallest absolute Gasteiger partial charge is 0.416 e. The molecule has 1 nitrogen and oxygen atoms in total. The number of aryl methyl sites for hydroxylation is 1. The lowest BCUT2D eigenvalue weighted by atomic mass is 9.99. The van der Waals surface area contributed by atoms with Crippen molar-refractivity contribution >= 4 is 0 Å². The van der Waals surface area contributed by atoms with Crippen LogP contribution in [0.2, 0.25) is 0 Å². The molecule has 0 spiro atoms. The Morgan fingerprint density at radius 3 is 2.16 bits per heavy atom. The van der Waals surface area contributed by atoms with Gasteiger partial charge in [0.25, 0.3) is 0 Å². The summed E-state index contributed by atoms with van der Waals surface area (Å²) >= 11 is 0. The number of ether oxygens (including phenoxy) is 1. The van der Waals surface area contributed by atoms with E-state index in [0.717, 1.165) is 53.0 Å². The molecular formula is C27H29F3O. The highest BCUT2D eigenvalue weighted by Crippen LogP contribution is 2.34. The molecular weight excluding hydrogens is 397 g/mol. The topological polar surface area (TPSA) is 9.23 Å². The Bertz CT molecular complexity index is 946. The summed E-state index contributed by atoms with van der Waals surface area (Å²) < 4.78 is 44.9. The second-order valence-corrected chi connectivity index (χ2v) is 7.92. The number of rotatable bonds is 9. The average Bonchev–Trinajstić information content (AvgIpc) is 2.76. The van der Waals surface area contributed by atoms with E-state index >= 15 is 0 Å². The average molecular weight is 427 g/mol. The number of halogens is 3. The maximum Gasteiger partial charge on any atom is 0.416 e. The predicted molar refractivity (Wildman–Crippen MR) is 120 cm³/mol. The van der Waals surface area contributed by atoms with E-state index in [2.05, 4.69) is 19.1 Å². The molecule has 3 rings (SSSR count). The van der Waals surface area contributed by atoms with Crippen LogP contribution in [-0.4, -0.2) is 0 Å². The van der Waals surface area contributed by atoms with Crippen LogP contribution < -0.4 is 4.74 Å². The molecule has 3 aromatic rings. The minimum Gasteiger partial charge on any atom is -0.486 e. The zero-order valence-electron chi connectivity index (χ0n) is 18.1. The summed E-state index contributed by atoms with van der Waals surface area (Å²) in [4.78, 5) is 0. The van der Waals surface area contributed by atoms with Crippen LogP contribution in [0, 0.1) is 6.92 Å². The van der Waals surface area contributed by atoms with Crippen LogP contribution in [0.25, 0.3) is 11.1 Å². The van der Waals surface area contributed by atoms with Crippen molar-refractivity contribution in [3.63, 3.8) is 0 Å². The van der Waals surface area contributed by atoms with E-state index in [4.69, 9.17) is 4.74 Å². The molecule has 0 aromatic heterocycles. The maximum atomic E-state index is 12.8. The van der Waals surface area contributed by atoms with Gasteiger partial charge in [0.1, 0.15) is 11.9 Å². The number of alkyl halides is 3. The fourth-order valence-electron chi connectivity index (χ4n) is 3.75. The minimum atomic E-state index is -4.32. The van der Waals surface area contributed by atoms with Crippen LogP contribution in [0.5, 0.6) is 5.75 Å². The number of hydrogen-bond acceptors (Lipinski definition) is 1. The molecule has 0 bridgehead atoms. The minimum absolute atomic E-state index is 0.0191. The highest BCUT2D eigenvalue weighted by Gasteiger charge is 2.30. The van der Waals surface area contributed by atoms with Crippen molar-refractivity contribution in [3.8, 4) is 16.9 Å². The van der Waals surface area contributed by atoms with E-state index in [1.54, 1.807) is 0 Å². The third-order valence-electron chi connectivity index (χ3n) is 5.49. The van der Waals surface area contributed by atoms with Gasteiger partial charge < -0.3 is 4.74 Å². The van der Waals surface area contributed by atoms with Gasteiger partial charge in [-0.15, -0.1) is 0 Å². The maximum absolute atomic E-state index is 12.8. The Morgan fingerprint density at radius 1 is 0.839 bits per heavy atom. The Kier molecular flexibility index (Phi) is 7.78. The van der Waals surface area contributed by atoms with Gasteiger partial charge in [-0.3, -0.25) is 0 Å². The molecule has 0 aliphatic carbocycles. The van der Waals surface area contributed by atoms with Gasteiger partial charge in [0, 0.05) is 0 Å². The monoisotopic (exact) mass is 426 g/mol. The number of hydrogen-bond donors (Lipinski definition) is 0. The van der Waals surface area contributed by atoms with Crippen LogP contribution in [0.3, 0.4) is 0 Å². The molecule has 4 heteroatoms. The summed E-state index contributed by atoms with van der Waals surface area (Å²) in [6.07, 6.45) is 1.32. The molecule has 1 unspecified atom stereocenters. The first-order valence-corrected chi connectivity index (χ1v) is 10.9. The third kappa shape index (κ3) is 6.36. The SMILES string of the molecule is CCCCCCC(Oc1ccc(-c2ccc(C(F)(F)F)cc2)c(C)c1)c1ccccc1. The summed E-state index contributed by atoms with van der Waals surface area (Å²) in [6.45, 7) is 4.16. The molecule has 31 heavy (non-hydrogen) atoms. The van der Waals surface area contributed by atoms with Gasteiger partial charge in [-0.1, -0.05) is 74.7 Å². The third-order valence-corrected chi connectivity index (χ3v) is 5.49. The highest BCUT2D eigenvalue weighted by molar-refractivity contribution is 5.68. The lowest BCUT2D eigenvalue weighted by molar-refractivity contribution is -0.137. The van der Waals surface area contributed by atoms with E-state index in [-0.39, 0.29) is 6.10 Å². The zero-order chi connectivity index (χ0) is 22.3. The molecule has 0 aliphatic rings. The zero-order valence-corrected chi connectivity index (χ0v) is 18.1. The largest absolute Gasteiger partial charge is 0.486 e. The molecule has 0 saturated heterocycles. The van der Waals surface area contributed by atoms with Crippen LogP contribution in [0.15, 0.2) is 72.8 Å². The van der Waals surface area contributed by atoms with Crippen LogP contribution >= 0.6 is 0 Å². The Morgan fingerprint density at radius 2 is 1.55 bits per heavy atom. The van der Waals surface area contributed by atoms with Gasteiger partial charge in [-0.05, 0) is 66.3 Å². The van der Waals surface area contributed by atoms with E-state index in [1.807, 2.05) is 43.3 Å². The summed E-state index contributed by atoms with van der Waals surface area (Å²) in [5.74, 6) is 0.775. The Hall–Kier alpha value is -2.75. The fourth-order valence-corrected chi connectivity index (χ4v) is 3.75. The molecule has 1 atom stereocenters. The lowest BCUT2D eigenvalue weighted by Gasteiger charge is -2.21. The van der Waals surface area contributed by atoms with Gasteiger partial charge in [-0.2, -0.15) is 13.2 Å². The fraction of sp³-hybridized carbons (Fsp3) is 0.333. The molecule has 0 radical (unpaired) electrons. The normalized spacial score (nSPS) is 12.5. The van der Waals surface area contributed by atoms with E-state index < -0.39 is 11.7 Å². The van der Waals surface area contributed by atoms with Gasteiger partial charge >= 0.3 is 6.18 Å². The quantitative estimate of drug-likeness (QED) is 0.311. The summed E-state index contributed by atoms with van der Waals surface area (Å²) in [5, 5.41) is 0. The van der Waals surface area contributed by atoms with Gasteiger partial charge in [0.15, 0.2) is 0 Å². The van der Waals surface area contributed by atoms with Crippen molar-refractivity contribution in [2.45, 2.75) is 58.2 Å². The summed E-state index contributed by atoms with van der Waals surface area (Å²) in [5.41, 5.74) is 3.15. The molecule has 0 N–H and O–H groups in total. The number of unbranched alkanes of at least 4 members (excludes halogenated alkanes) is 3. The first-order chi connectivity index (χ1) is 14.9. The van der Waals surface area contributed by atoms with Crippen molar-refractivity contribution in [2.75, 3.05) is 0 Å². The van der Waals surface area contributed by atoms with Gasteiger partial charge in [0.2, 0.25) is 0 Å². The van der Waals surface area contributed by atoms with Crippen molar-refractivity contribution in [2.24, 2.45) is 0 Å². The first kappa shape index (κ1) is 22.9. The second-order valence-electron chi connectivity index (χ2n) is 7.92. The standard InChI is InChI=1S/C27H29F3O/c1-3-4-5-9-12-26(22-10-7-6-8-11-22)31-24-17-18-25(20(2)19-24)21-13-15-23(16-14-21)27(28,29)30/h6-8,10-11,13-19,26H,3-5,9,12H2,1-2H3. The summed E-state index contributed by atoms with van der Waals surface area (Å²) in [6, 6.07) is 21.3. The predicted octanol–water partition coefficient (Wildman–Crippen LogP) is 8.77. The van der Waals surface area contributed by atoms with E-state index in [1.165, 1.54) is 31.4 Å². The second kappa shape index (κ2) is 10.5. The van der Waals surface area contributed by atoms with Crippen molar-refractivity contribution in [3.05, 3.63) is 89.5 Å². The molecule has 0 fully saturated rings. The van der Waals surface area contributed by atoms with Gasteiger partial charge in [-0.25, -0.2) is 0 Å². The van der Waals surface area contributed by atoms with Crippen LogP contribution in [-0.2, 0) is 6.18 Å². The van der Waals surface area contributed by atoms with Crippen LogP contribution in [0.4, 0.5) is 13.2 Å². The lowest BCUT2D eigenvalue weighted by Crippen LogP contribution is -2.08. The van der Waals surface area contributed by atoms with E-state index in [0.29, 0.717) is 0 Å². The molecule has 0 aliphatic heterocycles. The Balaban J connectivity index is 1.76. The van der Waals surface area contributed by atoms with Gasteiger partial charge in [0.05, 0.1) is 5.56 Å². The van der Waals surface area contributed by atoms with Crippen molar-refractivity contribution in [1.82, 2.24) is 0 Å². The van der Waals surface area contributed by atoms with Crippen molar-refractivity contribution in [1.29, 1.82) is 0 Å². The molecule has 0 amide bonds. The molecule has 0 heterocycles. The van der Waals surface area contributed by atoms with E-state index in [9.17, 15) is 13.2 Å².